The molecular weight excluding hydrogens is 531 g/mol. The van der Waals surface area contributed by atoms with E-state index in [9.17, 15) is 8.42 Å². The molecule has 1 unspecified atom stereocenters. The molecule has 2 heterocycles. The van der Waals surface area contributed by atoms with Gasteiger partial charge in [0.2, 0.25) is 10.0 Å². The van der Waals surface area contributed by atoms with Crippen molar-refractivity contribution in [2.75, 3.05) is 51.7 Å². The van der Waals surface area contributed by atoms with Crippen LogP contribution in [0.4, 0.5) is 0 Å². The van der Waals surface area contributed by atoms with Gasteiger partial charge in [-0.3, -0.25) is 4.99 Å². The number of aliphatic imine (C=N–C) groups is 1. The predicted molar refractivity (Wildman–Crippen MR) is 135 cm³/mol. The number of hydrogen-bond donors (Lipinski definition) is 2. The Hall–Kier alpha value is -0.170. The van der Waals surface area contributed by atoms with Crippen molar-refractivity contribution in [1.29, 1.82) is 0 Å². The van der Waals surface area contributed by atoms with Gasteiger partial charge in [-0.2, -0.15) is 0 Å². The molecule has 0 amide bonds. The van der Waals surface area contributed by atoms with Gasteiger partial charge in [0, 0.05) is 32.8 Å². The van der Waals surface area contributed by atoms with Gasteiger partial charge in [-0.1, -0.05) is 6.42 Å². The first-order valence-electron chi connectivity index (χ1n) is 11.8. The smallest absolute Gasteiger partial charge is 0.213 e. The van der Waals surface area contributed by atoms with Gasteiger partial charge in [-0.25, -0.2) is 13.1 Å². The van der Waals surface area contributed by atoms with Crippen LogP contribution in [0, 0.1) is 5.92 Å². The van der Waals surface area contributed by atoms with Gasteiger partial charge in [0.1, 0.15) is 0 Å². The Morgan fingerprint density at radius 2 is 1.90 bits per heavy atom. The third-order valence-electron chi connectivity index (χ3n) is 6.31. The standard InChI is InChI=1S/C21H40N4O4S.HI/c1-2-22-21(23-11-15-30(26,27)24-16-18-6-5-7-18)25-12-9-19(10-13-25)29-17-20-8-3-4-14-28-20;/h18-20,24H,2-17H2,1H3,(H,22,23);1H. The van der Waals surface area contributed by atoms with E-state index in [0.29, 0.717) is 19.1 Å². The summed E-state index contributed by atoms with van der Waals surface area (Å²) < 4.78 is 39.0. The van der Waals surface area contributed by atoms with Crippen LogP contribution < -0.4 is 10.0 Å². The summed E-state index contributed by atoms with van der Waals surface area (Å²) >= 11 is 0. The second-order valence-corrected chi connectivity index (χ2v) is 10.6. The fourth-order valence-electron chi connectivity index (χ4n) is 4.13. The summed E-state index contributed by atoms with van der Waals surface area (Å²) in [5.41, 5.74) is 0. The number of ether oxygens (including phenoxy) is 2. The molecule has 31 heavy (non-hydrogen) atoms. The quantitative estimate of drug-likeness (QED) is 0.237. The van der Waals surface area contributed by atoms with Crippen molar-refractivity contribution in [3.05, 3.63) is 0 Å². The molecule has 0 aromatic rings. The molecule has 2 N–H and O–H groups in total. The Kier molecular flexibility index (Phi) is 12.4. The molecule has 8 nitrogen and oxygen atoms in total. The van der Waals surface area contributed by atoms with E-state index in [4.69, 9.17) is 9.47 Å². The molecule has 0 bridgehead atoms. The van der Waals surface area contributed by atoms with Crippen LogP contribution in [0.1, 0.15) is 58.3 Å². The molecule has 0 aromatic heterocycles. The minimum absolute atomic E-state index is 0. The third kappa shape index (κ3) is 9.69. The molecule has 3 rings (SSSR count). The number of hydrogen-bond acceptors (Lipinski definition) is 5. The maximum Gasteiger partial charge on any atom is 0.213 e. The number of sulfonamides is 1. The minimum atomic E-state index is -3.26. The maximum absolute atomic E-state index is 12.2. The maximum atomic E-state index is 12.2. The van der Waals surface area contributed by atoms with Gasteiger partial charge in [0.05, 0.1) is 31.1 Å². The summed E-state index contributed by atoms with van der Waals surface area (Å²) in [7, 11) is -3.26. The largest absolute Gasteiger partial charge is 0.376 e. The zero-order valence-electron chi connectivity index (χ0n) is 18.9. The topological polar surface area (TPSA) is 92.3 Å². The van der Waals surface area contributed by atoms with Crippen LogP contribution in [0.3, 0.4) is 0 Å². The van der Waals surface area contributed by atoms with E-state index in [-0.39, 0.29) is 48.5 Å². The normalized spacial score (nSPS) is 23.8. The summed E-state index contributed by atoms with van der Waals surface area (Å²) in [5, 5.41) is 3.31. The number of likely N-dealkylation sites (tertiary alicyclic amines) is 1. The molecule has 3 fully saturated rings. The average Bonchev–Trinajstić information content (AvgIpc) is 2.71. The van der Waals surface area contributed by atoms with Crippen molar-refractivity contribution in [1.82, 2.24) is 14.9 Å². The Morgan fingerprint density at radius 3 is 2.52 bits per heavy atom. The lowest BCUT2D eigenvalue weighted by molar-refractivity contribution is -0.0721. The highest BCUT2D eigenvalue weighted by atomic mass is 127. The molecule has 0 radical (unpaired) electrons. The van der Waals surface area contributed by atoms with Crippen LogP contribution >= 0.6 is 24.0 Å². The highest BCUT2D eigenvalue weighted by Gasteiger charge is 2.24. The van der Waals surface area contributed by atoms with Gasteiger partial charge < -0.3 is 19.7 Å². The first-order chi connectivity index (χ1) is 14.6. The van der Waals surface area contributed by atoms with Crippen LogP contribution in [0.5, 0.6) is 0 Å². The number of rotatable bonds is 10. The lowest BCUT2D eigenvalue weighted by Crippen LogP contribution is -2.47. The van der Waals surface area contributed by atoms with E-state index < -0.39 is 10.0 Å². The number of nitrogens with one attached hydrogen (secondary N) is 2. The van der Waals surface area contributed by atoms with Crippen molar-refractivity contribution in [2.45, 2.75) is 70.5 Å². The monoisotopic (exact) mass is 572 g/mol. The zero-order valence-corrected chi connectivity index (χ0v) is 22.0. The Morgan fingerprint density at radius 1 is 1.13 bits per heavy atom. The van der Waals surface area contributed by atoms with Gasteiger partial charge >= 0.3 is 0 Å². The number of nitrogens with zero attached hydrogens (tertiary/aromatic N) is 2. The highest BCUT2D eigenvalue weighted by molar-refractivity contribution is 14.0. The SMILES string of the molecule is CCNC(=NCCS(=O)(=O)NCC1CCC1)N1CCC(OCC2CCCCO2)CC1.I. The number of guanidine groups is 1. The molecule has 10 heteroatoms. The molecule has 2 aliphatic heterocycles. The van der Waals surface area contributed by atoms with Gasteiger partial charge in [-0.05, 0) is 57.8 Å². The zero-order chi connectivity index (χ0) is 21.2. The highest BCUT2D eigenvalue weighted by Crippen LogP contribution is 2.25. The van der Waals surface area contributed by atoms with E-state index in [2.05, 4.69) is 19.9 Å². The van der Waals surface area contributed by atoms with Crippen LogP contribution in [-0.2, 0) is 19.5 Å². The minimum Gasteiger partial charge on any atom is -0.376 e. The summed E-state index contributed by atoms with van der Waals surface area (Å²) in [5.74, 6) is 1.37. The average molecular weight is 573 g/mol. The summed E-state index contributed by atoms with van der Waals surface area (Å²) in [6, 6.07) is 0. The van der Waals surface area contributed by atoms with Gasteiger partial charge in [-0.15, -0.1) is 24.0 Å². The van der Waals surface area contributed by atoms with Crippen molar-refractivity contribution in [2.24, 2.45) is 10.9 Å². The number of halogens is 1. The fourth-order valence-corrected chi connectivity index (χ4v) is 5.09. The molecule has 2 saturated heterocycles. The van der Waals surface area contributed by atoms with Crippen LogP contribution in [0.2, 0.25) is 0 Å². The van der Waals surface area contributed by atoms with E-state index in [1.54, 1.807) is 0 Å². The van der Waals surface area contributed by atoms with Crippen molar-refractivity contribution in [3.63, 3.8) is 0 Å². The van der Waals surface area contributed by atoms with Gasteiger partial charge in [0.15, 0.2) is 5.96 Å². The molecule has 0 spiro atoms. The molecule has 3 aliphatic rings. The lowest BCUT2D eigenvalue weighted by atomic mass is 9.86. The summed E-state index contributed by atoms with van der Waals surface area (Å²) in [6.45, 7) is 6.95. The molecule has 1 saturated carbocycles. The van der Waals surface area contributed by atoms with Crippen LogP contribution in [0.15, 0.2) is 4.99 Å². The number of piperidine rings is 1. The van der Waals surface area contributed by atoms with Crippen LogP contribution in [-0.4, -0.2) is 83.2 Å². The molecule has 0 aromatic carbocycles. The molecule has 182 valence electrons. The predicted octanol–water partition coefficient (Wildman–Crippen LogP) is 2.34. The molecule has 1 aliphatic carbocycles. The Labute approximate surface area is 205 Å². The Bertz CT molecular complexity index is 631. The van der Waals surface area contributed by atoms with E-state index in [0.717, 1.165) is 64.3 Å². The molecular formula is C21H41IN4O4S. The molecule has 1 atom stereocenters. The van der Waals surface area contributed by atoms with Gasteiger partial charge in [0.25, 0.3) is 0 Å². The second kappa shape index (κ2) is 14.2. The summed E-state index contributed by atoms with van der Waals surface area (Å²) in [6.07, 6.45) is 9.45. The van der Waals surface area contributed by atoms with E-state index in [1.165, 1.54) is 19.3 Å². The fraction of sp³-hybridized carbons (Fsp3) is 0.952. The second-order valence-electron chi connectivity index (χ2n) is 8.71. The van der Waals surface area contributed by atoms with Crippen molar-refractivity contribution in [3.8, 4) is 0 Å². The van der Waals surface area contributed by atoms with Crippen molar-refractivity contribution < 1.29 is 17.9 Å². The lowest BCUT2D eigenvalue weighted by Gasteiger charge is -2.35. The van der Waals surface area contributed by atoms with E-state index >= 15 is 0 Å². The van der Waals surface area contributed by atoms with Crippen LogP contribution in [0.25, 0.3) is 0 Å². The first kappa shape index (κ1) is 27.1. The third-order valence-corrected chi connectivity index (χ3v) is 7.63. The van der Waals surface area contributed by atoms with Crippen molar-refractivity contribution >= 4 is 40.0 Å². The summed E-state index contributed by atoms with van der Waals surface area (Å²) in [4.78, 5) is 6.80. The van der Waals surface area contributed by atoms with E-state index in [1.807, 2.05) is 6.92 Å². The Balaban J connectivity index is 0.00000341. The first-order valence-corrected chi connectivity index (χ1v) is 13.4.